The summed E-state index contributed by atoms with van der Waals surface area (Å²) in [5, 5.41) is 0. The summed E-state index contributed by atoms with van der Waals surface area (Å²) in [6.45, 7) is 2.15. The van der Waals surface area contributed by atoms with Crippen molar-refractivity contribution in [3.8, 4) is 17.2 Å². The van der Waals surface area contributed by atoms with Crippen molar-refractivity contribution >= 4 is 29.9 Å². The summed E-state index contributed by atoms with van der Waals surface area (Å²) in [4.78, 5) is 38.4. The highest BCUT2D eigenvalue weighted by molar-refractivity contribution is 5.99. The third kappa shape index (κ3) is 5.37. The Morgan fingerprint density at radius 2 is 1.82 bits per heavy atom. The summed E-state index contributed by atoms with van der Waals surface area (Å²) >= 11 is 0. The van der Waals surface area contributed by atoms with Gasteiger partial charge in [0.1, 0.15) is 35.2 Å². The van der Waals surface area contributed by atoms with Crippen LogP contribution in [-0.4, -0.2) is 37.5 Å². The predicted molar refractivity (Wildman–Crippen MR) is 143 cm³/mol. The molecule has 0 fully saturated rings. The fourth-order valence-corrected chi connectivity index (χ4v) is 5.36. The van der Waals surface area contributed by atoms with Crippen LogP contribution >= 0.6 is 0 Å². The molecule has 0 saturated heterocycles. The number of ether oxygens (including phenoxy) is 4. The molecule has 3 heterocycles. The van der Waals surface area contributed by atoms with Crippen molar-refractivity contribution in [2.45, 2.75) is 63.9 Å². The van der Waals surface area contributed by atoms with E-state index in [0.29, 0.717) is 66.9 Å². The van der Waals surface area contributed by atoms with E-state index in [0.717, 1.165) is 23.3 Å². The highest BCUT2D eigenvalue weighted by Gasteiger charge is 2.37. The Labute approximate surface area is 222 Å². The van der Waals surface area contributed by atoms with E-state index < -0.39 is 5.97 Å². The first-order valence-corrected chi connectivity index (χ1v) is 13.2. The van der Waals surface area contributed by atoms with Crippen molar-refractivity contribution in [2.75, 3.05) is 13.7 Å². The lowest BCUT2D eigenvalue weighted by atomic mass is 9.82. The molecule has 0 unspecified atom stereocenters. The molecule has 3 aliphatic heterocycles. The lowest BCUT2D eigenvalue weighted by Crippen LogP contribution is -2.26. The van der Waals surface area contributed by atoms with Gasteiger partial charge in [0, 0.05) is 29.9 Å². The highest BCUT2D eigenvalue weighted by Crippen LogP contribution is 2.49. The van der Waals surface area contributed by atoms with Crippen molar-refractivity contribution in [3.63, 3.8) is 0 Å². The van der Waals surface area contributed by atoms with Crippen molar-refractivity contribution in [3.05, 3.63) is 64.2 Å². The number of para-hydroxylation sites is 1. The zero-order chi connectivity index (χ0) is 26.6. The van der Waals surface area contributed by atoms with E-state index in [9.17, 15) is 14.4 Å². The molecule has 0 radical (unpaired) electrons. The molecule has 7 heteroatoms. The van der Waals surface area contributed by atoms with E-state index in [2.05, 4.69) is 0 Å². The van der Waals surface area contributed by atoms with Crippen molar-refractivity contribution < 1.29 is 33.3 Å². The van der Waals surface area contributed by atoms with Gasteiger partial charge in [-0.15, -0.1) is 0 Å². The second-order valence-corrected chi connectivity index (χ2v) is 10.0. The number of fused-ring (bicyclic) bond motifs is 3. The Hall–Kier alpha value is -3.87. The van der Waals surface area contributed by atoms with Gasteiger partial charge in [0.25, 0.3) is 0 Å². The summed E-state index contributed by atoms with van der Waals surface area (Å²) in [7, 11) is 1.52. The molecule has 0 aliphatic carbocycles. The van der Waals surface area contributed by atoms with E-state index in [1.165, 1.54) is 7.11 Å². The molecule has 3 aliphatic rings. The Bertz CT molecular complexity index is 1320. The van der Waals surface area contributed by atoms with E-state index in [4.69, 9.17) is 18.9 Å². The maximum absolute atomic E-state index is 13.6. The number of esters is 2. The first-order valence-electron chi connectivity index (χ1n) is 13.2. The summed E-state index contributed by atoms with van der Waals surface area (Å²) in [5.41, 5.74) is 3.34. The molecule has 38 heavy (non-hydrogen) atoms. The van der Waals surface area contributed by atoms with Gasteiger partial charge in [-0.3, -0.25) is 9.59 Å². The van der Waals surface area contributed by atoms with Crippen molar-refractivity contribution in [1.82, 2.24) is 0 Å². The first kappa shape index (κ1) is 25.8. The number of hydrogen-bond acceptors (Lipinski definition) is 7. The van der Waals surface area contributed by atoms with Gasteiger partial charge >= 0.3 is 11.9 Å². The van der Waals surface area contributed by atoms with Crippen LogP contribution < -0.4 is 14.2 Å². The smallest absolute Gasteiger partial charge is 0.342 e. The largest absolute Gasteiger partial charge is 0.495 e. The molecule has 2 atom stereocenters. The van der Waals surface area contributed by atoms with Crippen LogP contribution in [-0.2, 0) is 14.3 Å². The van der Waals surface area contributed by atoms with Crippen LogP contribution in [0.2, 0.25) is 0 Å². The number of Topliss-reactive ketones (excluding diaryl/α,β-unsaturated/α-hetero) is 1. The van der Waals surface area contributed by atoms with Crippen LogP contribution in [0.5, 0.6) is 17.2 Å². The molecule has 0 bridgehead atoms. The van der Waals surface area contributed by atoms with E-state index in [1.807, 2.05) is 49.4 Å². The third-order valence-electron chi connectivity index (χ3n) is 7.26. The summed E-state index contributed by atoms with van der Waals surface area (Å²) < 4.78 is 23.4. The minimum Gasteiger partial charge on any atom is -0.495 e. The van der Waals surface area contributed by atoms with Crippen LogP contribution in [0.15, 0.2) is 42.0 Å². The van der Waals surface area contributed by atoms with Crippen LogP contribution in [0.1, 0.15) is 84.8 Å². The number of rotatable bonds is 2. The second kappa shape index (κ2) is 11.3. The molecule has 198 valence electrons. The molecule has 2 aromatic rings. The molecule has 0 aromatic heterocycles. The quantitative estimate of drug-likeness (QED) is 0.355. The van der Waals surface area contributed by atoms with Gasteiger partial charge in [-0.2, -0.15) is 0 Å². The molecule has 0 N–H and O–H groups in total. The number of methoxy groups -OCH3 is 1. The van der Waals surface area contributed by atoms with Crippen LogP contribution in [0.25, 0.3) is 12.2 Å². The fraction of sp³-hybridized carbons (Fsp3) is 0.387. The maximum Gasteiger partial charge on any atom is 0.342 e. The van der Waals surface area contributed by atoms with Crippen molar-refractivity contribution in [2.24, 2.45) is 0 Å². The normalized spacial score (nSPS) is 21.9. The zero-order valence-electron chi connectivity index (χ0n) is 21.8. The average Bonchev–Trinajstić information content (AvgIpc) is 2.90. The number of hydrogen-bond donors (Lipinski definition) is 0. The van der Waals surface area contributed by atoms with Gasteiger partial charge in [0.15, 0.2) is 0 Å². The molecule has 2 aromatic carbocycles. The summed E-state index contributed by atoms with van der Waals surface area (Å²) in [6.07, 6.45) is 9.23. The van der Waals surface area contributed by atoms with Gasteiger partial charge in [-0.25, -0.2) is 4.79 Å². The second-order valence-electron chi connectivity index (χ2n) is 10.0. The molecule has 5 rings (SSSR count). The summed E-state index contributed by atoms with van der Waals surface area (Å²) in [5.74, 6) is 0.483. The molecule has 7 nitrogen and oxygen atoms in total. The Balaban J connectivity index is 1.62. The predicted octanol–water partition coefficient (Wildman–Crippen LogP) is 6.05. The number of carbonyl (C=O) groups is 3. The first-order chi connectivity index (χ1) is 18.4. The number of benzene rings is 2. The van der Waals surface area contributed by atoms with Gasteiger partial charge in [0.05, 0.1) is 19.6 Å². The van der Waals surface area contributed by atoms with E-state index >= 15 is 0 Å². The fourth-order valence-electron chi connectivity index (χ4n) is 5.36. The Kier molecular flexibility index (Phi) is 7.63. The number of allylic oxidation sites excluding steroid dienone is 1. The molecule has 0 saturated carbocycles. The van der Waals surface area contributed by atoms with E-state index in [-0.39, 0.29) is 30.2 Å². The van der Waals surface area contributed by atoms with E-state index in [1.54, 1.807) is 6.07 Å². The standard InChI is InChI=1S/C31H32O7/c1-19-9-8-13-23(32)12-5-3-4-11-21-16-26-29(30(35-2)28(21)31(34)37-19)24(17-27(33)38-26)22-15-20-10-6-7-14-25(20)36-18-22/h4,6-7,10-11,14-16,19,24H,3,5,8-9,12-13,17-18H2,1-2H3/t19-,24+/m0/s1. The SMILES string of the molecule is COc1c2c(cc3c1[C@@H](C1=Cc4ccccc4OC1)CC(=O)O3)C=CCCCC(=O)CCC[C@H](C)OC2=O. The minimum absolute atomic E-state index is 0.106. The lowest BCUT2D eigenvalue weighted by Gasteiger charge is -2.31. The number of cyclic esters (lactones) is 1. The van der Waals surface area contributed by atoms with Gasteiger partial charge in [-0.05, 0) is 62.0 Å². The van der Waals surface area contributed by atoms with Gasteiger partial charge < -0.3 is 18.9 Å². The number of carbonyl (C=O) groups excluding carboxylic acids is 3. The Morgan fingerprint density at radius 3 is 2.66 bits per heavy atom. The molecule has 0 spiro atoms. The molecular formula is C31H32O7. The lowest BCUT2D eigenvalue weighted by molar-refractivity contribution is -0.135. The number of ketones is 1. The third-order valence-corrected chi connectivity index (χ3v) is 7.26. The van der Waals surface area contributed by atoms with Crippen LogP contribution in [0.4, 0.5) is 0 Å². The topological polar surface area (TPSA) is 88.1 Å². The van der Waals surface area contributed by atoms with Gasteiger partial charge in [0.2, 0.25) is 0 Å². The Morgan fingerprint density at radius 1 is 1.00 bits per heavy atom. The average molecular weight is 517 g/mol. The summed E-state index contributed by atoms with van der Waals surface area (Å²) in [6, 6.07) is 9.45. The zero-order valence-corrected chi connectivity index (χ0v) is 21.8. The molecule has 0 amide bonds. The minimum atomic E-state index is -0.505. The molecular weight excluding hydrogens is 484 g/mol. The van der Waals surface area contributed by atoms with Crippen molar-refractivity contribution in [1.29, 1.82) is 0 Å². The van der Waals surface area contributed by atoms with Gasteiger partial charge in [-0.1, -0.05) is 30.4 Å². The van der Waals surface area contributed by atoms with Crippen LogP contribution in [0.3, 0.4) is 0 Å². The maximum atomic E-state index is 13.6. The highest BCUT2D eigenvalue weighted by atomic mass is 16.5. The van der Waals surface area contributed by atoms with Crippen LogP contribution in [0, 0.1) is 0 Å². The monoisotopic (exact) mass is 516 g/mol.